The van der Waals surface area contributed by atoms with Gasteiger partial charge in [0.15, 0.2) is 0 Å². The van der Waals surface area contributed by atoms with Gasteiger partial charge in [-0.3, -0.25) is 4.68 Å². The third-order valence-electron chi connectivity index (χ3n) is 2.78. The molecular weight excluding hydrogens is 276 g/mol. The molecule has 2 aromatic rings. The second-order valence-electron chi connectivity index (χ2n) is 4.48. The molecule has 21 heavy (non-hydrogen) atoms. The number of hydrogen-bond donors (Lipinski definition) is 4. The lowest BCUT2D eigenvalue weighted by atomic mass is 10.2. The number of amides is 2. The fraction of sp³-hybridized carbons (Fsp3) is 0.333. The molecule has 2 aromatic heterocycles. The monoisotopic (exact) mass is 292 g/mol. The zero-order chi connectivity index (χ0) is 15.2. The van der Waals surface area contributed by atoms with Crippen molar-refractivity contribution in [3.63, 3.8) is 0 Å². The average Bonchev–Trinajstić information content (AvgIpc) is 3.07. The van der Waals surface area contributed by atoms with Gasteiger partial charge in [-0.25, -0.2) is 14.6 Å². The number of carboxylic acid groups (broad SMARTS) is 1. The number of imidazole rings is 1. The molecule has 4 N–H and O–H groups in total. The van der Waals surface area contributed by atoms with E-state index in [-0.39, 0.29) is 13.0 Å². The Morgan fingerprint density at radius 2 is 2.33 bits per heavy atom. The molecule has 0 bridgehead atoms. The van der Waals surface area contributed by atoms with E-state index in [9.17, 15) is 9.59 Å². The molecule has 2 amide bonds. The van der Waals surface area contributed by atoms with Crippen molar-refractivity contribution in [2.45, 2.75) is 19.0 Å². The predicted octanol–water partition coefficient (Wildman–Crippen LogP) is -0.362. The number of aryl methyl sites for hydroxylation is 1. The number of carboxylic acids is 1. The lowest BCUT2D eigenvalue weighted by Crippen LogP contribution is -2.47. The summed E-state index contributed by atoms with van der Waals surface area (Å²) in [6.07, 6.45) is 4.86. The summed E-state index contributed by atoms with van der Waals surface area (Å²) in [5.74, 6) is -1.11. The van der Waals surface area contributed by atoms with E-state index in [1.807, 2.05) is 0 Å². The van der Waals surface area contributed by atoms with Crippen molar-refractivity contribution in [2.75, 3.05) is 0 Å². The molecule has 0 aromatic carbocycles. The van der Waals surface area contributed by atoms with E-state index in [4.69, 9.17) is 5.11 Å². The first kappa shape index (κ1) is 14.6. The number of aromatic amines is 1. The van der Waals surface area contributed by atoms with E-state index in [1.165, 1.54) is 12.5 Å². The number of aromatic nitrogens is 4. The van der Waals surface area contributed by atoms with Gasteiger partial charge in [-0.15, -0.1) is 0 Å². The highest BCUT2D eigenvalue weighted by molar-refractivity contribution is 5.82. The second-order valence-corrected chi connectivity index (χ2v) is 4.48. The SMILES string of the molecule is Cn1ccc(CNC(=O)NC(Cc2cnc[nH]2)C(=O)O)n1. The van der Waals surface area contributed by atoms with Crippen molar-refractivity contribution in [1.82, 2.24) is 30.4 Å². The van der Waals surface area contributed by atoms with Crippen molar-refractivity contribution in [3.05, 3.63) is 36.2 Å². The Morgan fingerprint density at radius 1 is 1.52 bits per heavy atom. The predicted molar refractivity (Wildman–Crippen MR) is 72.3 cm³/mol. The molecule has 0 saturated carbocycles. The molecule has 2 heterocycles. The van der Waals surface area contributed by atoms with Gasteiger partial charge in [0.05, 0.1) is 18.6 Å². The fourth-order valence-electron chi connectivity index (χ4n) is 1.75. The van der Waals surface area contributed by atoms with E-state index in [1.54, 1.807) is 24.0 Å². The first-order valence-electron chi connectivity index (χ1n) is 6.27. The standard InChI is InChI=1S/C12H16N6O3/c1-18-3-2-8(17-18)6-14-12(21)16-10(11(19)20)4-9-5-13-7-15-9/h2-3,5,7,10H,4,6H2,1H3,(H,13,15)(H,19,20)(H2,14,16,21). The maximum absolute atomic E-state index is 11.7. The van der Waals surface area contributed by atoms with E-state index in [0.717, 1.165) is 0 Å². The van der Waals surface area contributed by atoms with Gasteiger partial charge in [-0.05, 0) is 6.07 Å². The summed E-state index contributed by atoms with van der Waals surface area (Å²) in [5.41, 5.74) is 1.32. The molecule has 0 radical (unpaired) electrons. The highest BCUT2D eigenvalue weighted by Gasteiger charge is 2.20. The number of carbonyl (C=O) groups is 2. The normalized spacial score (nSPS) is 11.9. The van der Waals surface area contributed by atoms with Crippen LogP contribution in [0.1, 0.15) is 11.4 Å². The van der Waals surface area contributed by atoms with Crippen molar-refractivity contribution >= 4 is 12.0 Å². The molecule has 2 rings (SSSR count). The van der Waals surface area contributed by atoms with Crippen LogP contribution in [0.3, 0.4) is 0 Å². The van der Waals surface area contributed by atoms with Crippen molar-refractivity contribution in [1.29, 1.82) is 0 Å². The lowest BCUT2D eigenvalue weighted by Gasteiger charge is -2.14. The van der Waals surface area contributed by atoms with E-state index in [2.05, 4.69) is 25.7 Å². The minimum atomic E-state index is -1.11. The quantitative estimate of drug-likeness (QED) is 0.578. The molecule has 1 atom stereocenters. The summed E-state index contributed by atoms with van der Waals surface area (Å²) in [5, 5.41) is 18.2. The van der Waals surface area contributed by atoms with Crippen LogP contribution in [0, 0.1) is 0 Å². The Kier molecular flexibility index (Phi) is 4.54. The van der Waals surface area contributed by atoms with Crippen LogP contribution in [0.2, 0.25) is 0 Å². The number of H-pyrrole nitrogens is 1. The molecule has 0 aliphatic carbocycles. The number of hydrogen-bond acceptors (Lipinski definition) is 4. The van der Waals surface area contributed by atoms with E-state index >= 15 is 0 Å². The zero-order valence-corrected chi connectivity index (χ0v) is 11.4. The van der Waals surface area contributed by atoms with Crippen LogP contribution in [-0.4, -0.2) is 42.9 Å². The van der Waals surface area contributed by atoms with Crippen LogP contribution in [0.25, 0.3) is 0 Å². The highest BCUT2D eigenvalue weighted by atomic mass is 16.4. The summed E-state index contributed by atoms with van der Waals surface area (Å²) in [6, 6.07) is 0.168. The third kappa shape index (κ3) is 4.34. The minimum absolute atomic E-state index is 0.131. The summed E-state index contributed by atoms with van der Waals surface area (Å²) in [6.45, 7) is 0.225. The van der Waals surface area contributed by atoms with Gasteiger partial charge in [0.1, 0.15) is 6.04 Å². The molecule has 0 aliphatic rings. The molecule has 0 fully saturated rings. The Bertz CT molecular complexity index is 606. The molecule has 0 aliphatic heterocycles. The number of urea groups is 1. The van der Waals surface area contributed by atoms with Crippen LogP contribution in [0.15, 0.2) is 24.8 Å². The lowest BCUT2D eigenvalue weighted by molar-refractivity contribution is -0.139. The average molecular weight is 292 g/mol. The van der Waals surface area contributed by atoms with Crippen molar-refractivity contribution in [3.8, 4) is 0 Å². The molecule has 9 nitrogen and oxygen atoms in total. The Balaban J connectivity index is 1.84. The third-order valence-corrected chi connectivity index (χ3v) is 2.78. The molecule has 9 heteroatoms. The van der Waals surface area contributed by atoms with Crippen LogP contribution in [0.5, 0.6) is 0 Å². The van der Waals surface area contributed by atoms with Gasteiger partial charge in [0, 0.05) is 31.6 Å². The summed E-state index contributed by atoms with van der Waals surface area (Å²) in [4.78, 5) is 29.5. The first-order chi connectivity index (χ1) is 10.0. The van der Waals surface area contributed by atoms with Gasteiger partial charge in [0.2, 0.25) is 0 Å². The number of carbonyl (C=O) groups excluding carboxylic acids is 1. The smallest absolute Gasteiger partial charge is 0.326 e. The van der Waals surface area contributed by atoms with Crippen LogP contribution in [0.4, 0.5) is 4.79 Å². The molecule has 112 valence electrons. The van der Waals surface area contributed by atoms with Gasteiger partial charge < -0.3 is 20.7 Å². The molecule has 1 unspecified atom stereocenters. The maximum atomic E-state index is 11.7. The number of nitrogens with one attached hydrogen (secondary N) is 3. The van der Waals surface area contributed by atoms with Crippen LogP contribution >= 0.6 is 0 Å². The van der Waals surface area contributed by atoms with Crippen molar-refractivity contribution < 1.29 is 14.7 Å². The summed E-state index contributed by atoms with van der Waals surface area (Å²) >= 11 is 0. The van der Waals surface area contributed by atoms with Crippen LogP contribution in [-0.2, 0) is 24.8 Å². The first-order valence-corrected chi connectivity index (χ1v) is 6.27. The number of rotatable bonds is 6. The molecule has 0 spiro atoms. The fourth-order valence-corrected chi connectivity index (χ4v) is 1.75. The topological polar surface area (TPSA) is 125 Å². The Morgan fingerprint density at radius 3 is 2.90 bits per heavy atom. The maximum Gasteiger partial charge on any atom is 0.326 e. The number of aliphatic carboxylic acids is 1. The van der Waals surface area contributed by atoms with Gasteiger partial charge in [-0.1, -0.05) is 0 Å². The largest absolute Gasteiger partial charge is 0.480 e. The molecule has 0 saturated heterocycles. The number of nitrogens with zero attached hydrogens (tertiary/aromatic N) is 3. The second kappa shape index (κ2) is 6.55. The minimum Gasteiger partial charge on any atom is -0.480 e. The summed E-state index contributed by atoms with van der Waals surface area (Å²) in [7, 11) is 1.77. The van der Waals surface area contributed by atoms with E-state index < -0.39 is 18.0 Å². The van der Waals surface area contributed by atoms with Gasteiger partial charge >= 0.3 is 12.0 Å². The molecular formula is C12H16N6O3. The summed E-state index contributed by atoms with van der Waals surface area (Å²) < 4.78 is 1.62. The van der Waals surface area contributed by atoms with Gasteiger partial charge in [-0.2, -0.15) is 5.10 Å². The Hall–Kier alpha value is -2.84. The van der Waals surface area contributed by atoms with Gasteiger partial charge in [0.25, 0.3) is 0 Å². The van der Waals surface area contributed by atoms with E-state index in [0.29, 0.717) is 11.4 Å². The Labute approximate surface area is 120 Å². The van der Waals surface area contributed by atoms with Crippen LogP contribution < -0.4 is 10.6 Å². The zero-order valence-electron chi connectivity index (χ0n) is 11.4. The van der Waals surface area contributed by atoms with Crippen molar-refractivity contribution in [2.24, 2.45) is 7.05 Å². The highest BCUT2D eigenvalue weighted by Crippen LogP contribution is 1.99.